The minimum Gasteiger partial charge on any atom is -0.393 e. The Morgan fingerprint density at radius 2 is 1.89 bits per heavy atom. The number of aliphatic hydroxyl groups is 1. The lowest BCUT2D eigenvalue weighted by molar-refractivity contribution is 0.0677. The van der Waals surface area contributed by atoms with Gasteiger partial charge in [0.2, 0.25) is 0 Å². The number of aliphatic hydroxyl groups excluding tert-OH is 1. The first-order valence-electron chi connectivity index (χ1n) is 3.97. The zero-order valence-corrected chi connectivity index (χ0v) is 5.88. The first-order valence-corrected chi connectivity index (χ1v) is 3.97. The van der Waals surface area contributed by atoms with Gasteiger partial charge in [0.1, 0.15) is 0 Å². The van der Waals surface area contributed by atoms with Gasteiger partial charge in [0.05, 0.1) is 6.10 Å². The highest BCUT2D eigenvalue weighted by Gasteiger charge is 2.43. The molecule has 0 unspecified atom stereocenters. The molecule has 2 bridgehead atoms. The molecule has 0 radical (unpaired) electrons. The standard InChI is InChI=1S/C8H14O/c1-5-6-2-3-7(4-6)8(5)9/h5-9H,2-4H2,1H3/t5-,6-,7+,8-/m0/s1. The minimum absolute atomic E-state index is 0.0451. The van der Waals surface area contributed by atoms with E-state index in [2.05, 4.69) is 6.92 Å². The van der Waals surface area contributed by atoms with Crippen molar-refractivity contribution in [3.8, 4) is 0 Å². The second-order valence-corrected chi connectivity index (χ2v) is 3.68. The highest BCUT2D eigenvalue weighted by atomic mass is 16.3. The Labute approximate surface area is 56.1 Å². The molecular weight excluding hydrogens is 112 g/mol. The van der Waals surface area contributed by atoms with Gasteiger partial charge in [-0.05, 0) is 37.0 Å². The summed E-state index contributed by atoms with van der Waals surface area (Å²) in [7, 11) is 0. The van der Waals surface area contributed by atoms with Crippen molar-refractivity contribution >= 4 is 0 Å². The molecule has 4 atom stereocenters. The Balaban J connectivity index is 2.15. The van der Waals surface area contributed by atoms with Crippen LogP contribution in [0.1, 0.15) is 26.2 Å². The van der Waals surface area contributed by atoms with E-state index in [0.29, 0.717) is 11.8 Å². The summed E-state index contributed by atoms with van der Waals surface area (Å²) in [4.78, 5) is 0. The van der Waals surface area contributed by atoms with Crippen LogP contribution >= 0.6 is 0 Å². The summed E-state index contributed by atoms with van der Waals surface area (Å²) in [6.07, 6.45) is 4.02. The van der Waals surface area contributed by atoms with E-state index in [9.17, 15) is 5.11 Å². The zero-order valence-electron chi connectivity index (χ0n) is 5.88. The van der Waals surface area contributed by atoms with Crippen LogP contribution in [0, 0.1) is 17.8 Å². The maximum atomic E-state index is 9.49. The van der Waals surface area contributed by atoms with Gasteiger partial charge in [-0.2, -0.15) is 0 Å². The SMILES string of the molecule is C[C@H]1[C@H]2CC[C@H](C2)[C@H]1O. The van der Waals surface area contributed by atoms with Gasteiger partial charge in [-0.1, -0.05) is 6.92 Å². The Hall–Kier alpha value is -0.0400. The average Bonchev–Trinajstić information content (AvgIpc) is 2.37. The van der Waals surface area contributed by atoms with Gasteiger partial charge < -0.3 is 5.11 Å². The summed E-state index contributed by atoms with van der Waals surface area (Å²) in [6, 6.07) is 0. The van der Waals surface area contributed by atoms with Crippen LogP contribution in [0.15, 0.2) is 0 Å². The molecule has 2 rings (SSSR count). The number of rotatable bonds is 0. The van der Waals surface area contributed by atoms with Crippen LogP contribution in [0.3, 0.4) is 0 Å². The van der Waals surface area contributed by atoms with Crippen LogP contribution in [0.25, 0.3) is 0 Å². The van der Waals surface area contributed by atoms with Crippen LogP contribution in [-0.2, 0) is 0 Å². The largest absolute Gasteiger partial charge is 0.393 e. The quantitative estimate of drug-likeness (QED) is 0.520. The van der Waals surface area contributed by atoms with E-state index in [4.69, 9.17) is 0 Å². The molecule has 1 heteroatoms. The molecule has 0 amide bonds. The van der Waals surface area contributed by atoms with Crippen molar-refractivity contribution in [1.29, 1.82) is 0 Å². The van der Waals surface area contributed by atoms with E-state index in [1.807, 2.05) is 0 Å². The second-order valence-electron chi connectivity index (χ2n) is 3.68. The Morgan fingerprint density at radius 1 is 1.22 bits per heavy atom. The van der Waals surface area contributed by atoms with Crippen LogP contribution < -0.4 is 0 Å². The summed E-state index contributed by atoms with van der Waals surface area (Å²) in [5, 5.41) is 9.49. The fourth-order valence-electron chi connectivity index (χ4n) is 2.55. The number of fused-ring (bicyclic) bond motifs is 2. The third kappa shape index (κ3) is 0.644. The highest BCUT2D eigenvalue weighted by Crippen LogP contribution is 2.47. The van der Waals surface area contributed by atoms with Gasteiger partial charge in [-0.15, -0.1) is 0 Å². The predicted molar refractivity (Wildman–Crippen MR) is 36.0 cm³/mol. The average molecular weight is 126 g/mol. The minimum atomic E-state index is 0.0451. The zero-order chi connectivity index (χ0) is 6.43. The summed E-state index contributed by atoms with van der Waals surface area (Å²) < 4.78 is 0. The molecule has 0 aliphatic heterocycles. The molecule has 0 aromatic rings. The smallest absolute Gasteiger partial charge is 0.0596 e. The molecule has 2 fully saturated rings. The van der Waals surface area contributed by atoms with Crippen molar-refractivity contribution in [2.75, 3.05) is 0 Å². The van der Waals surface area contributed by atoms with Gasteiger partial charge in [0, 0.05) is 0 Å². The Bertz CT molecular complexity index is 104. The fourth-order valence-corrected chi connectivity index (χ4v) is 2.55. The fraction of sp³-hybridized carbons (Fsp3) is 1.00. The number of hydrogen-bond acceptors (Lipinski definition) is 1. The maximum Gasteiger partial charge on any atom is 0.0596 e. The van der Waals surface area contributed by atoms with Crippen molar-refractivity contribution in [1.82, 2.24) is 0 Å². The van der Waals surface area contributed by atoms with Crippen molar-refractivity contribution in [2.45, 2.75) is 32.3 Å². The molecule has 52 valence electrons. The summed E-state index contributed by atoms with van der Waals surface area (Å²) in [6.45, 7) is 2.19. The van der Waals surface area contributed by atoms with E-state index in [0.717, 1.165) is 5.92 Å². The van der Waals surface area contributed by atoms with Gasteiger partial charge in [-0.25, -0.2) is 0 Å². The van der Waals surface area contributed by atoms with E-state index >= 15 is 0 Å². The third-order valence-corrected chi connectivity index (χ3v) is 3.28. The molecule has 0 spiro atoms. The normalized spacial score (nSPS) is 56.7. The highest BCUT2D eigenvalue weighted by molar-refractivity contribution is 4.94. The summed E-state index contributed by atoms with van der Waals surface area (Å²) in [5.41, 5.74) is 0. The van der Waals surface area contributed by atoms with E-state index in [1.165, 1.54) is 19.3 Å². The number of hydrogen-bond donors (Lipinski definition) is 1. The molecular formula is C8H14O. The van der Waals surface area contributed by atoms with E-state index in [1.54, 1.807) is 0 Å². The summed E-state index contributed by atoms with van der Waals surface area (Å²) >= 11 is 0. The van der Waals surface area contributed by atoms with Gasteiger partial charge in [-0.3, -0.25) is 0 Å². The molecule has 0 heterocycles. The summed E-state index contributed by atoms with van der Waals surface area (Å²) in [5.74, 6) is 2.14. The van der Waals surface area contributed by atoms with Gasteiger partial charge in [0.15, 0.2) is 0 Å². The first-order chi connectivity index (χ1) is 4.29. The topological polar surface area (TPSA) is 20.2 Å². The molecule has 1 nitrogen and oxygen atoms in total. The van der Waals surface area contributed by atoms with E-state index in [-0.39, 0.29) is 6.10 Å². The van der Waals surface area contributed by atoms with Crippen LogP contribution in [0.5, 0.6) is 0 Å². The Morgan fingerprint density at radius 3 is 2.22 bits per heavy atom. The van der Waals surface area contributed by atoms with Crippen LogP contribution in [-0.4, -0.2) is 11.2 Å². The van der Waals surface area contributed by atoms with Crippen molar-refractivity contribution in [3.63, 3.8) is 0 Å². The van der Waals surface area contributed by atoms with Crippen molar-refractivity contribution in [2.24, 2.45) is 17.8 Å². The second kappa shape index (κ2) is 1.72. The third-order valence-electron chi connectivity index (χ3n) is 3.28. The molecule has 0 aromatic carbocycles. The first kappa shape index (κ1) is 5.72. The molecule has 9 heavy (non-hydrogen) atoms. The molecule has 0 saturated heterocycles. The van der Waals surface area contributed by atoms with E-state index < -0.39 is 0 Å². The lowest BCUT2D eigenvalue weighted by Crippen LogP contribution is -2.24. The molecule has 2 aliphatic carbocycles. The molecule has 2 aliphatic rings. The van der Waals surface area contributed by atoms with Gasteiger partial charge in [0.25, 0.3) is 0 Å². The molecule has 1 N–H and O–H groups in total. The Kier molecular flexibility index (Phi) is 1.10. The molecule has 0 aromatic heterocycles. The lowest BCUT2D eigenvalue weighted by Gasteiger charge is -2.22. The van der Waals surface area contributed by atoms with Crippen molar-refractivity contribution in [3.05, 3.63) is 0 Å². The molecule has 2 saturated carbocycles. The van der Waals surface area contributed by atoms with Crippen molar-refractivity contribution < 1.29 is 5.11 Å². The van der Waals surface area contributed by atoms with Crippen LogP contribution in [0.2, 0.25) is 0 Å². The predicted octanol–water partition coefficient (Wildman–Crippen LogP) is 1.41. The van der Waals surface area contributed by atoms with Gasteiger partial charge >= 0.3 is 0 Å². The van der Waals surface area contributed by atoms with Crippen LogP contribution in [0.4, 0.5) is 0 Å². The lowest BCUT2D eigenvalue weighted by atomic mass is 9.88. The monoisotopic (exact) mass is 126 g/mol. The maximum absolute atomic E-state index is 9.49.